The molecule has 0 atom stereocenters. The van der Waals surface area contributed by atoms with Crippen molar-refractivity contribution in [3.63, 3.8) is 0 Å². The standard InChI is InChI=1S/C15H27N5O2.HI/c1-5-16-15(18-11-14(21)17-8-10-22-4)20(3)12-13-7-6-9-19(13)2;/h6-7,9H,5,8,10-12H2,1-4H3,(H,16,18)(H,17,21);1H. The molecular weight excluding hydrogens is 409 g/mol. The SMILES string of the molecule is CCNC(=NCC(=O)NCCOC)N(C)Cc1cccn1C.I. The van der Waals surface area contributed by atoms with Gasteiger partial charge in [0.05, 0.1) is 13.2 Å². The predicted octanol–water partition coefficient (Wildman–Crippen LogP) is 0.803. The number of nitrogens with one attached hydrogen (secondary N) is 2. The summed E-state index contributed by atoms with van der Waals surface area (Å²) in [4.78, 5) is 18.1. The van der Waals surface area contributed by atoms with Crippen LogP contribution in [0.5, 0.6) is 0 Å². The third kappa shape index (κ3) is 8.21. The maximum Gasteiger partial charge on any atom is 0.241 e. The third-order valence-corrected chi connectivity index (χ3v) is 3.15. The van der Waals surface area contributed by atoms with Gasteiger partial charge < -0.3 is 24.8 Å². The third-order valence-electron chi connectivity index (χ3n) is 3.15. The van der Waals surface area contributed by atoms with Gasteiger partial charge in [-0.1, -0.05) is 0 Å². The Morgan fingerprint density at radius 1 is 1.43 bits per heavy atom. The molecule has 2 N–H and O–H groups in total. The van der Waals surface area contributed by atoms with E-state index in [4.69, 9.17) is 4.74 Å². The number of rotatable bonds is 8. The number of halogens is 1. The maximum atomic E-state index is 11.7. The minimum atomic E-state index is -0.111. The van der Waals surface area contributed by atoms with Gasteiger partial charge in [0.25, 0.3) is 0 Å². The van der Waals surface area contributed by atoms with Gasteiger partial charge in [0.1, 0.15) is 6.54 Å². The summed E-state index contributed by atoms with van der Waals surface area (Å²) in [5, 5.41) is 5.95. The Labute approximate surface area is 155 Å². The highest BCUT2D eigenvalue weighted by Gasteiger charge is 2.09. The molecule has 8 heteroatoms. The highest BCUT2D eigenvalue weighted by atomic mass is 127. The molecule has 1 rings (SSSR count). The predicted molar refractivity (Wildman–Crippen MR) is 103 cm³/mol. The number of aliphatic imine (C=N–C) groups is 1. The fourth-order valence-electron chi connectivity index (χ4n) is 1.94. The van der Waals surface area contributed by atoms with Crippen LogP contribution in [0, 0.1) is 0 Å². The lowest BCUT2D eigenvalue weighted by Gasteiger charge is -2.22. The summed E-state index contributed by atoms with van der Waals surface area (Å²) in [5.41, 5.74) is 1.18. The Hall–Kier alpha value is -1.29. The van der Waals surface area contributed by atoms with E-state index in [1.54, 1.807) is 7.11 Å². The van der Waals surface area contributed by atoms with Crippen LogP contribution in [0.4, 0.5) is 0 Å². The quantitative estimate of drug-likeness (QED) is 0.273. The first-order chi connectivity index (χ1) is 10.6. The molecule has 0 aliphatic rings. The first-order valence-corrected chi connectivity index (χ1v) is 7.43. The molecule has 0 unspecified atom stereocenters. The minimum Gasteiger partial charge on any atom is -0.383 e. The molecule has 0 aliphatic heterocycles. The van der Waals surface area contributed by atoms with Crippen LogP contribution < -0.4 is 10.6 Å². The van der Waals surface area contributed by atoms with Crippen molar-refractivity contribution in [2.75, 3.05) is 40.4 Å². The lowest BCUT2D eigenvalue weighted by atomic mass is 10.4. The molecule has 0 aliphatic carbocycles. The molecule has 0 saturated heterocycles. The molecule has 0 spiro atoms. The van der Waals surface area contributed by atoms with Crippen molar-refractivity contribution in [1.29, 1.82) is 0 Å². The maximum absolute atomic E-state index is 11.7. The Bertz CT molecular complexity index is 490. The first kappa shape index (κ1) is 21.7. The molecule has 0 radical (unpaired) electrons. The number of aryl methyl sites for hydroxylation is 1. The number of ether oxygens (including phenoxy) is 1. The number of methoxy groups -OCH3 is 1. The van der Waals surface area contributed by atoms with E-state index in [9.17, 15) is 4.79 Å². The average molecular weight is 437 g/mol. The number of carbonyl (C=O) groups is 1. The summed E-state index contributed by atoms with van der Waals surface area (Å²) in [7, 11) is 5.57. The normalized spacial score (nSPS) is 10.9. The molecule has 0 fully saturated rings. The van der Waals surface area contributed by atoms with E-state index in [1.165, 1.54) is 5.69 Å². The molecule has 0 aromatic carbocycles. The number of hydrogen-bond acceptors (Lipinski definition) is 3. The average Bonchev–Trinajstić information content (AvgIpc) is 2.89. The summed E-state index contributed by atoms with van der Waals surface area (Å²) < 4.78 is 6.96. The van der Waals surface area contributed by atoms with Crippen molar-refractivity contribution in [2.24, 2.45) is 12.0 Å². The second-order valence-corrected chi connectivity index (χ2v) is 4.98. The van der Waals surface area contributed by atoms with Gasteiger partial charge in [-0.2, -0.15) is 0 Å². The summed E-state index contributed by atoms with van der Waals surface area (Å²) >= 11 is 0. The fraction of sp³-hybridized carbons (Fsp3) is 0.600. The molecule has 0 saturated carbocycles. The van der Waals surface area contributed by atoms with Gasteiger partial charge in [-0.05, 0) is 19.1 Å². The fourth-order valence-corrected chi connectivity index (χ4v) is 1.94. The molecule has 132 valence electrons. The van der Waals surface area contributed by atoms with Crippen LogP contribution in [0.2, 0.25) is 0 Å². The Balaban J connectivity index is 0.00000484. The van der Waals surface area contributed by atoms with Crippen LogP contribution in [-0.4, -0.2) is 61.7 Å². The molecule has 7 nitrogen and oxygen atoms in total. The number of carbonyl (C=O) groups excluding carboxylic acids is 1. The summed E-state index contributed by atoms with van der Waals surface area (Å²) in [6, 6.07) is 4.08. The topological polar surface area (TPSA) is 70.9 Å². The van der Waals surface area contributed by atoms with Crippen molar-refractivity contribution < 1.29 is 9.53 Å². The highest BCUT2D eigenvalue weighted by molar-refractivity contribution is 14.0. The van der Waals surface area contributed by atoms with Crippen molar-refractivity contribution in [1.82, 2.24) is 20.1 Å². The monoisotopic (exact) mass is 437 g/mol. The van der Waals surface area contributed by atoms with Crippen molar-refractivity contribution in [3.05, 3.63) is 24.0 Å². The van der Waals surface area contributed by atoms with Crippen LogP contribution >= 0.6 is 24.0 Å². The van der Waals surface area contributed by atoms with Gasteiger partial charge in [0.15, 0.2) is 5.96 Å². The van der Waals surface area contributed by atoms with E-state index in [0.29, 0.717) is 19.1 Å². The lowest BCUT2D eigenvalue weighted by Crippen LogP contribution is -2.40. The number of guanidine groups is 1. The van der Waals surface area contributed by atoms with E-state index in [-0.39, 0.29) is 36.4 Å². The van der Waals surface area contributed by atoms with E-state index >= 15 is 0 Å². The van der Waals surface area contributed by atoms with Crippen LogP contribution in [0.15, 0.2) is 23.3 Å². The molecule has 23 heavy (non-hydrogen) atoms. The smallest absolute Gasteiger partial charge is 0.241 e. The highest BCUT2D eigenvalue weighted by Crippen LogP contribution is 2.03. The lowest BCUT2D eigenvalue weighted by molar-refractivity contribution is -0.119. The minimum absolute atomic E-state index is 0. The van der Waals surface area contributed by atoms with E-state index in [0.717, 1.165) is 13.1 Å². The number of amides is 1. The zero-order valence-electron chi connectivity index (χ0n) is 14.3. The number of nitrogens with zero attached hydrogens (tertiary/aromatic N) is 3. The van der Waals surface area contributed by atoms with Crippen molar-refractivity contribution >= 4 is 35.8 Å². The van der Waals surface area contributed by atoms with Crippen molar-refractivity contribution in [3.8, 4) is 0 Å². The summed E-state index contributed by atoms with van der Waals surface area (Å²) in [5.74, 6) is 0.602. The Kier molecular flexibility index (Phi) is 11.5. The Morgan fingerprint density at radius 3 is 2.74 bits per heavy atom. The Morgan fingerprint density at radius 2 is 2.17 bits per heavy atom. The van der Waals surface area contributed by atoms with Crippen molar-refractivity contribution in [2.45, 2.75) is 13.5 Å². The van der Waals surface area contributed by atoms with Crippen LogP contribution in [0.3, 0.4) is 0 Å². The van der Waals surface area contributed by atoms with Crippen LogP contribution in [-0.2, 0) is 23.1 Å². The molecule has 1 aromatic rings. The molecular formula is C15H28IN5O2. The van der Waals surface area contributed by atoms with Gasteiger partial charge in [-0.25, -0.2) is 4.99 Å². The van der Waals surface area contributed by atoms with Gasteiger partial charge in [-0.3, -0.25) is 4.79 Å². The van der Waals surface area contributed by atoms with E-state index in [2.05, 4.69) is 26.3 Å². The van der Waals surface area contributed by atoms with Crippen LogP contribution in [0.25, 0.3) is 0 Å². The molecule has 1 aromatic heterocycles. The van der Waals surface area contributed by atoms with Gasteiger partial charge in [-0.15, -0.1) is 24.0 Å². The largest absolute Gasteiger partial charge is 0.383 e. The van der Waals surface area contributed by atoms with Crippen LogP contribution in [0.1, 0.15) is 12.6 Å². The van der Waals surface area contributed by atoms with E-state index < -0.39 is 0 Å². The zero-order chi connectivity index (χ0) is 16.4. The summed E-state index contributed by atoms with van der Waals surface area (Å²) in [6.07, 6.45) is 2.01. The van der Waals surface area contributed by atoms with Gasteiger partial charge in [0.2, 0.25) is 5.91 Å². The number of aromatic nitrogens is 1. The van der Waals surface area contributed by atoms with Gasteiger partial charge in [0, 0.05) is 46.2 Å². The second-order valence-electron chi connectivity index (χ2n) is 4.98. The zero-order valence-corrected chi connectivity index (χ0v) is 16.7. The first-order valence-electron chi connectivity index (χ1n) is 7.43. The molecule has 0 bridgehead atoms. The van der Waals surface area contributed by atoms with Gasteiger partial charge >= 0.3 is 0 Å². The number of hydrogen-bond donors (Lipinski definition) is 2. The second kappa shape index (κ2) is 12.2. The molecule has 1 heterocycles. The molecule has 1 amide bonds. The van der Waals surface area contributed by atoms with E-state index in [1.807, 2.05) is 38.2 Å². The summed E-state index contributed by atoms with van der Waals surface area (Å²) in [6.45, 7) is 4.58.